The van der Waals surface area contributed by atoms with E-state index < -0.39 is 0 Å². The van der Waals surface area contributed by atoms with Crippen LogP contribution in [-0.2, 0) is 10.8 Å². The highest BCUT2D eigenvalue weighted by molar-refractivity contribution is 5.82. The fourth-order valence-electron chi connectivity index (χ4n) is 10.7. The summed E-state index contributed by atoms with van der Waals surface area (Å²) in [5, 5.41) is 0. The second kappa shape index (κ2) is 17.9. The van der Waals surface area contributed by atoms with Crippen LogP contribution in [0, 0.1) is 0 Å². The summed E-state index contributed by atoms with van der Waals surface area (Å²) in [7, 11) is 0. The van der Waals surface area contributed by atoms with Gasteiger partial charge in [-0.15, -0.1) is 0 Å². The summed E-state index contributed by atoms with van der Waals surface area (Å²) in [6.07, 6.45) is 1.00. The van der Waals surface area contributed by atoms with E-state index in [2.05, 4.69) is 291 Å². The van der Waals surface area contributed by atoms with E-state index in [0.29, 0.717) is 0 Å². The fraction of sp³-hybridized carbons (Fsp3) is 0.0909. The molecule has 328 valence electrons. The lowest BCUT2D eigenvalue weighted by Gasteiger charge is -2.30. The van der Waals surface area contributed by atoms with Crippen LogP contribution in [0.15, 0.2) is 261 Å². The molecule has 0 amide bonds. The molecule has 0 saturated carbocycles. The summed E-state index contributed by atoms with van der Waals surface area (Å²) in [5.74, 6) is 0. The molecule has 1 aliphatic rings. The third kappa shape index (κ3) is 8.20. The molecule has 2 nitrogen and oxygen atoms in total. The predicted octanol–water partition coefficient (Wildman–Crippen LogP) is 18.3. The van der Waals surface area contributed by atoms with Crippen molar-refractivity contribution in [3.05, 3.63) is 278 Å². The van der Waals surface area contributed by atoms with Gasteiger partial charge in [0.25, 0.3) is 0 Å². The Labute approximate surface area is 402 Å². The van der Waals surface area contributed by atoms with Crippen molar-refractivity contribution >= 4 is 34.1 Å². The standard InChI is InChI=1S/C66H54N2/c1-65(2)47-66(3,56-32-42-61(43-33-56)67(57-34-24-52(25-35-57)48-16-8-4-9-17-48)58-36-26-53(27-37-58)49-18-10-5-11-19-49)63-45-44-62(46-64(63)65)68(59-38-28-54(29-39-59)50-20-12-6-13-21-50)60-40-30-55(31-41-60)51-22-14-7-15-23-51/h4-46H,47H2,1-3H3. The normalized spacial score (nSPS) is 14.8. The molecule has 2 heteroatoms. The largest absolute Gasteiger partial charge is 0.311 e. The Bertz CT molecular complexity index is 3110. The van der Waals surface area contributed by atoms with Crippen molar-refractivity contribution in [3.8, 4) is 44.5 Å². The second-order valence-corrected chi connectivity index (χ2v) is 19.0. The van der Waals surface area contributed by atoms with Gasteiger partial charge in [-0.3, -0.25) is 0 Å². The minimum atomic E-state index is -0.186. The molecular formula is C66H54N2. The first kappa shape index (κ1) is 42.4. The average Bonchev–Trinajstić information content (AvgIpc) is 3.62. The third-order valence-electron chi connectivity index (χ3n) is 14.1. The molecular weight excluding hydrogens is 821 g/mol. The number of nitrogens with zero attached hydrogens (tertiary/aromatic N) is 2. The van der Waals surface area contributed by atoms with E-state index in [9.17, 15) is 0 Å². The molecule has 0 fully saturated rings. The molecule has 1 aliphatic carbocycles. The van der Waals surface area contributed by atoms with Crippen LogP contribution in [0.2, 0.25) is 0 Å². The summed E-state index contributed by atoms with van der Waals surface area (Å²) in [6.45, 7) is 7.28. The highest BCUT2D eigenvalue weighted by Gasteiger charge is 2.46. The second-order valence-electron chi connectivity index (χ2n) is 19.0. The molecule has 11 rings (SSSR count). The number of fused-ring (bicyclic) bond motifs is 1. The van der Waals surface area contributed by atoms with E-state index in [4.69, 9.17) is 0 Å². The zero-order valence-corrected chi connectivity index (χ0v) is 38.9. The van der Waals surface area contributed by atoms with E-state index >= 15 is 0 Å². The van der Waals surface area contributed by atoms with E-state index in [-0.39, 0.29) is 10.8 Å². The molecule has 10 aromatic carbocycles. The van der Waals surface area contributed by atoms with Gasteiger partial charge in [-0.25, -0.2) is 0 Å². The van der Waals surface area contributed by atoms with Crippen molar-refractivity contribution < 1.29 is 0 Å². The Morgan fingerprint density at radius 3 is 0.853 bits per heavy atom. The Balaban J connectivity index is 0.945. The van der Waals surface area contributed by atoms with Crippen molar-refractivity contribution in [2.45, 2.75) is 38.0 Å². The van der Waals surface area contributed by atoms with Crippen LogP contribution in [0.5, 0.6) is 0 Å². The number of benzene rings is 10. The van der Waals surface area contributed by atoms with Crippen molar-refractivity contribution in [1.29, 1.82) is 0 Å². The first-order valence-electron chi connectivity index (χ1n) is 23.8. The lowest BCUT2D eigenvalue weighted by molar-refractivity contribution is 0.425. The van der Waals surface area contributed by atoms with Crippen LogP contribution in [0.25, 0.3) is 44.5 Å². The van der Waals surface area contributed by atoms with Crippen molar-refractivity contribution in [2.24, 2.45) is 0 Å². The predicted molar refractivity (Wildman–Crippen MR) is 288 cm³/mol. The van der Waals surface area contributed by atoms with Crippen molar-refractivity contribution in [3.63, 3.8) is 0 Å². The Hall–Kier alpha value is -8.20. The first-order chi connectivity index (χ1) is 33.3. The van der Waals surface area contributed by atoms with Crippen LogP contribution < -0.4 is 9.80 Å². The fourth-order valence-corrected chi connectivity index (χ4v) is 10.7. The van der Waals surface area contributed by atoms with Crippen molar-refractivity contribution in [1.82, 2.24) is 0 Å². The van der Waals surface area contributed by atoms with Gasteiger partial charge in [0.1, 0.15) is 0 Å². The lowest BCUT2D eigenvalue weighted by Crippen LogP contribution is -2.23. The monoisotopic (exact) mass is 874 g/mol. The minimum Gasteiger partial charge on any atom is -0.311 e. The van der Waals surface area contributed by atoms with Gasteiger partial charge in [0.05, 0.1) is 0 Å². The van der Waals surface area contributed by atoms with Crippen LogP contribution in [0.1, 0.15) is 43.9 Å². The number of rotatable bonds is 11. The van der Waals surface area contributed by atoms with Crippen LogP contribution in [0.3, 0.4) is 0 Å². The topological polar surface area (TPSA) is 6.48 Å². The van der Waals surface area contributed by atoms with Gasteiger partial charge in [0.15, 0.2) is 0 Å². The van der Waals surface area contributed by atoms with E-state index in [1.807, 2.05) is 0 Å². The van der Waals surface area contributed by atoms with Crippen LogP contribution in [-0.4, -0.2) is 0 Å². The molecule has 0 aliphatic heterocycles. The molecule has 0 N–H and O–H groups in total. The zero-order chi connectivity index (χ0) is 46.1. The van der Waals surface area contributed by atoms with Gasteiger partial charge in [-0.05, 0) is 146 Å². The molecule has 68 heavy (non-hydrogen) atoms. The maximum absolute atomic E-state index is 2.46. The van der Waals surface area contributed by atoms with E-state index in [1.165, 1.54) is 61.2 Å². The Morgan fingerprint density at radius 2 is 0.529 bits per heavy atom. The molecule has 1 atom stereocenters. The van der Waals surface area contributed by atoms with Gasteiger partial charge in [0.2, 0.25) is 0 Å². The van der Waals surface area contributed by atoms with Gasteiger partial charge >= 0.3 is 0 Å². The number of hydrogen-bond acceptors (Lipinski definition) is 2. The van der Waals surface area contributed by atoms with Gasteiger partial charge in [-0.1, -0.05) is 209 Å². The first-order valence-corrected chi connectivity index (χ1v) is 23.8. The molecule has 0 bridgehead atoms. The highest BCUT2D eigenvalue weighted by Crippen LogP contribution is 2.54. The smallest absolute Gasteiger partial charge is 0.0464 e. The van der Waals surface area contributed by atoms with Crippen LogP contribution in [0.4, 0.5) is 34.1 Å². The molecule has 0 aromatic heterocycles. The lowest BCUT2D eigenvalue weighted by atomic mass is 9.75. The zero-order valence-electron chi connectivity index (χ0n) is 38.9. The number of hydrogen-bond donors (Lipinski definition) is 0. The van der Waals surface area contributed by atoms with Gasteiger partial charge in [0, 0.05) is 39.5 Å². The summed E-state index contributed by atoms with van der Waals surface area (Å²) < 4.78 is 0. The van der Waals surface area contributed by atoms with Crippen molar-refractivity contribution in [2.75, 3.05) is 9.80 Å². The molecule has 0 radical (unpaired) electrons. The summed E-state index contributed by atoms with van der Waals surface area (Å²) in [4.78, 5) is 4.79. The molecule has 1 unspecified atom stereocenters. The van der Waals surface area contributed by atoms with E-state index in [1.54, 1.807) is 0 Å². The SMILES string of the molecule is CC1(C)CC(C)(c2ccc(N(c3ccc(-c4ccccc4)cc3)c3ccc(-c4ccccc4)cc3)cc2)c2ccc(N(c3ccc(-c4ccccc4)cc3)c3ccc(-c4ccccc4)cc3)cc21. The summed E-state index contributed by atoms with van der Waals surface area (Å²) >= 11 is 0. The average molecular weight is 875 g/mol. The van der Waals surface area contributed by atoms with Crippen LogP contribution >= 0.6 is 0 Å². The molecule has 0 saturated heterocycles. The molecule has 10 aromatic rings. The minimum absolute atomic E-state index is 0.0637. The molecule has 0 spiro atoms. The molecule has 0 heterocycles. The summed E-state index contributed by atoms with van der Waals surface area (Å²) in [5.41, 5.74) is 20.3. The maximum Gasteiger partial charge on any atom is 0.0464 e. The number of anilines is 6. The quantitative estimate of drug-likeness (QED) is 0.128. The summed E-state index contributed by atoms with van der Waals surface area (Å²) in [6, 6.07) is 95.0. The Morgan fingerprint density at radius 1 is 0.265 bits per heavy atom. The Kier molecular flexibility index (Phi) is 11.2. The highest BCUT2D eigenvalue weighted by atomic mass is 15.1. The maximum atomic E-state index is 2.46. The van der Waals surface area contributed by atoms with E-state index in [0.717, 1.165) is 40.5 Å². The van der Waals surface area contributed by atoms with Gasteiger partial charge < -0.3 is 9.80 Å². The third-order valence-corrected chi connectivity index (χ3v) is 14.1. The van der Waals surface area contributed by atoms with Gasteiger partial charge in [-0.2, -0.15) is 0 Å².